The van der Waals surface area contributed by atoms with Gasteiger partial charge in [-0.3, -0.25) is 0 Å². The highest BCUT2D eigenvalue weighted by Gasteiger charge is 2.04. The Morgan fingerprint density at radius 2 is 1.06 bits per heavy atom. The van der Waals surface area contributed by atoms with Gasteiger partial charge in [0.05, 0.1) is 12.4 Å². The van der Waals surface area contributed by atoms with Crippen LogP contribution >= 0.6 is 0 Å². The lowest BCUT2D eigenvalue weighted by atomic mass is 10.0. The first-order chi connectivity index (χ1) is 16.8. The van der Waals surface area contributed by atoms with Gasteiger partial charge in [0.25, 0.3) is 0 Å². The van der Waals surface area contributed by atoms with Crippen molar-refractivity contribution in [1.82, 2.24) is 9.97 Å². The Labute approximate surface area is 207 Å². The fourth-order valence-corrected chi connectivity index (χ4v) is 4.17. The van der Waals surface area contributed by atoms with Crippen molar-refractivity contribution in [2.75, 3.05) is 0 Å². The smallest absolute Gasteiger partial charge is 0.159 e. The molecule has 0 fully saturated rings. The Bertz CT molecular complexity index is 917. The Hall–Kier alpha value is -2.68. The highest BCUT2D eigenvalue weighted by Crippen LogP contribution is 2.19. The second kappa shape index (κ2) is 15.3. The highest BCUT2D eigenvalue weighted by molar-refractivity contribution is 5.55. The highest BCUT2D eigenvalue weighted by atomic mass is 16.5. The van der Waals surface area contributed by atoms with Gasteiger partial charge in [-0.15, -0.1) is 0 Å². The maximum absolute atomic E-state index is 5.91. The van der Waals surface area contributed by atoms with Crippen molar-refractivity contribution in [2.24, 2.45) is 0 Å². The molecule has 0 saturated heterocycles. The molecule has 0 bridgehead atoms. The van der Waals surface area contributed by atoms with Crippen LogP contribution in [0.2, 0.25) is 0 Å². The zero-order valence-electron chi connectivity index (χ0n) is 21.3. The summed E-state index contributed by atoms with van der Waals surface area (Å²) in [5, 5.41) is 0. The maximum Gasteiger partial charge on any atom is 0.159 e. The average Bonchev–Trinajstić information content (AvgIpc) is 2.89. The van der Waals surface area contributed by atoms with E-state index >= 15 is 0 Å². The normalized spacial score (nSPS) is 11.0. The van der Waals surface area contributed by atoms with Gasteiger partial charge in [-0.1, -0.05) is 114 Å². The van der Waals surface area contributed by atoms with Crippen LogP contribution in [-0.4, -0.2) is 9.97 Å². The number of unbranched alkanes of at least 4 members (excludes halogenated alkanes) is 8. The Balaban J connectivity index is 1.37. The maximum atomic E-state index is 5.91. The Morgan fingerprint density at radius 3 is 1.68 bits per heavy atom. The molecular weight excluding hydrogens is 416 g/mol. The minimum absolute atomic E-state index is 0.535. The largest absolute Gasteiger partial charge is 0.486 e. The molecular formula is C31H42N2O. The standard InChI is InChI=1S/C31H42N2O/c1-3-5-7-8-9-10-11-12-14-27-15-17-28(18-16-27)25-34-30-23-32-31(33-24-30)29-21-19-26(20-22-29)13-6-4-2/h15-24H,3-14,25H2,1-2H3. The van der Waals surface area contributed by atoms with E-state index in [0.717, 1.165) is 17.8 Å². The van der Waals surface area contributed by atoms with E-state index in [2.05, 4.69) is 72.3 Å². The molecule has 0 atom stereocenters. The fourth-order valence-electron chi connectivity index (χ4n) is 4.17. The van der Waals surface area contributed by atoms with Gasteiger partial charge < -0.3 is 4.74 Å². The number of aryl methyl sites for hydroxylation is 2. The molecule has 0 saturated carbocycles. The number of benzene rings is 2. The molecule has 2 aromatic carbocycles. The monoisotopic (exact) mass is 458 g/mol. The van der Waals surface area contributed by atoms with E-state index in [1.54, 1.807) is 12.4 Å². The van der Waals surface area contributed by atoms with Gasteiger partial charge in [-0.05, 0) is 42.4 Å². The molecule has 0 aliphatic heterocycles. The van der Waals surface area contributed by atoms with Crippen LogP contribution in [-0.2, 0) is 19.4 Å². The Morgan fingerprint density at radius 1 is 0.559 bits per heavy atom. The van der Waals surface area contributed by atoms with E-state index in [4.69, 9.17) is 4.74 Å². The van der Waals surface area contributed by atoms with E-state index < -0.39 is 0 Å². The van der Waals surface area contributed by atoms with Crippen molar-refractivity contribution in [2.45, 2.75) is 97.5 Å². The first-order valence-electron chi connectivity index (χ1n) is 13.4. The average molecular weight is 459 g/mol. The van der Waals surface area contributed by atoms with E-state index in [9.17, 15) is 0 Å². The SMILES string of the molecule is CCCCCCCCCCc1ccc(COc2cnc(-c3ccc(CCCC)cc3)nc2)cc1. The van der Waals surface area contributed by atoms with E-state index in [1.165, 1.54) is 87.3 Å². The minimum Gasteiger partial charge on any atom is -0.486 e. The number of hydrogen-bond donors (Lipinski definition) is 0. The van der Waals surface area contributed by atoms with Crippen molar-refractivity contribution in [3.05, 3.63) is 77.6 Å². The van der Waals surface area contributed by atoms with Gasteiger partial charge in [-0.2, -0.15) is 0 Å². The summed E-state index contributed by atoms with van der Waals surface area (Å²) < 4.78 is 5.91. The molecule has 0 spiro atoms. The summed E-state index contributed by atoms with van der Waals surface area (Å²) in [5.41, 5.74) is 5.00. The van der Waals surface area contributed by atoms with Crippen molar-refractivity contribution >= 4 is 0 Å². The third-order valence-electron chi connectivity index (χ3n) is 6.41. The molecule has 1 heterocycles. The van der Waals surface area contributed by atoms with E-state index in [1.807, 2.05) is 0 Å². The van der Waals surface area contributed by atoms with Crippen LogP contribution < -0.4 is 4.74 Å². The summed E-state index contributed by atoms with van der Waals surface area (Å²) in [4.78, 5) is 9.00. The van der Waals surface area contributed by atoms with Crippen molar-refractivity contribution in [3.63, 3.8) is 0 Å². The number of aromatic nitrogens is 2. The molecule has 0 unspecified atom stereocenters. The van der Waals surface area contributed by atoms with Crippen molar-refractivity contribution in [1.29, 1.82) is 0 Å². The number of nitrogens with zero attached hydrogens (tertiary/aromatic N) is 2. The lowest BCUT2D eigenvalue weighted by molar-refractivity contribution is 0.303. The third kappa shape index (κ3) is 9.29. The van der Waals surface area contributed by atoms with Gasteiger partial charge >= 0.3 is 0 Å². The van der Waals surface area contributed by atoms with Crippen LogP contribution in [0.3, 0.4) is 0 Å². The Kier molecular flexibility index (Phi) is 11.6. The molecule has 0 aliphatic rings. The molecule has 3 heteroatoms. The molecule has 3 aromatic rings. The molecule has 182 valence electrons. The zero-order chi connectivity index (χ0) is 23.8. The minimum atomic E-state index is 0.535. The molecule has 3 nitrogen and oxygen atoms in total. The van der Waals surface area contributed by atoms with Gasteiger partial charge in [0, 0.05) is 5.56 Å². The molecule has 3 rings (SSSR count). The van der Waals surface area contributed by atoms with E-state index in [-0.39, 0.29) is 0 Å². The summed E-state index contributed by atoms with van der Waals surface area (Å²) in [6.07, 6.45) is 19.2. The molecule has 0 aliphatic carbocycles. The molecule has 0 radical (unpaired) electrons. The summed E-state index contributed by atoms with van der Waals surface area (Å²) in [5.74, 6) is 1.44. The van der Waals surface area contributed by atoms with Crippen LogP contribution in [0.4, 0.5) is 0 Å². The first-order valence-corrected chi connectivity index (χ1v) is 13.4. The lowest BCUT2D eigenvalue weighted by Crippen LogP contribution is -1.98. The first kappa shape index (κ1) is 25.9. The summed E-state index contributed by atoms with van der Waals surface area (Å²) >= 11 is 0. The summed E-state index contributed by atoms with van der Waals surface area (Å²) in [7, 11) is 0. The van der Waals surface area contributed by atoms with Crippen LogP contribution in [0.25, 0.3) is 11.4 Å². The molecule has 34 heavy (non-hydrogen) atoms. The van der Waals surface area contributed by atoms with Crippen LogP contribution in [0.15, 0.2) is 60.9 Å². The zero-order valence-corrected chi connectivity index (χ0v) is 21.3. The number of ether oxygens (including phenoxy) is 1. The van der Waals surface area contributed by atoms with Crippen LogP contribution in [0.1, 0.15) is 94.7 Å². The number of hydrogen-bond acceptors (Lipinski definition) is 3. The lowest BCUT2D eigenvalue weighted by Gasteiger charge is -2.08. The molecule has 0 amide bonds. The third-order valence-corrected chi connectivity index (χ3v) is 6.41. The second-order valence-corrected chi connectivity index (χ2v) is 9.37. The van der Waals surface area contributed by atoms with E-state index in [0.29, 0.717) is 12.4 Å². The van der Waals surface area contributed by atoms with Gasteiger partial charge in [0.1, 0.15) is 6.61 Å². The van der Waals surface area contributed by atoms with Crippen LogP contribution in [0, 0.1) is 0 Å². The molecule has 0 N–H and O–H groups in total. The predicted octanol–water partition coefficient (Wildman–Crippen LogP) is 8.75. The van der Waals surface area contributed by atoms with Crippen molar-refractivity contribution < 1.29 is 4.74 Å². The molecule has 1 aromatic heterocycles. The quantitative estimate of drug-likeness (QED) is 0.201. The predicted molar refractivity (Wildman–Crippen MR) is 143 cm³/mol. The number of rotatable bonds is 16. The summed E-state index contributed by atoms with van der Waals surface area (Å²) in [6, 6.07) is 17.4. The second-order valence-electron chi connectivity index (χ2n) is 9.37. The fraction of sp³-hybridized carbons (Fsp3) is 0.484. The van der Waals surface area contributed by atoms with Gasteiger partial charge in [0.15, 0.2) is 11.6 Å². The van der Waals surface area contributed by atoms with Crippen LogP contribution in [0.5, 0.6) is 5.75 Å². The topological polar surface area (TPSA) is 35.0 Å². The summed E-state index contributed by atoms with van der Waals surface area (Å²) in [6.45, 7) is 5.03. The van der Waals surface area contributed by atoms with Gasteiger partial charge in [-0.25, -0.2) is 9.97 Å². The van der Waals surface area contributed by atoms with Crippen molar-refractivity contribution in [3.8, 4) is 17.1 Å². The van der Waals surface area contributed by atoms with Gasteiger partial charge in [0.2, 0.25) is 0 Å².